The predicted octanol–water partition coefficient (Wildman–Crippen LogP) is -0.0888. The lowest BCUT2D eigenvalue weighted by Crippen LogP contribution is -2.16. The topological polar surface area (TPSA) is 82.8 Å². The van der Waals surface area contributed by atoms with E-state index in [0.717, 1.165) is 19.4 Å². The number of hydrogen-bond donors (Lipinski definition) is 2. The number of ether oxygens (including phenoxy) is 3. The third-order valence-corrected chi connectivity index (χ3v) is 2.20. The van der Waals surface area contributed by atoms with Gasteiger partial charge in [-0.25, -0.2) is 0 Å². The van der Waals surface area contributed by atoms with Crippen LogP contribution >= 0.6 is 0 Å². The van der Waals surface area contributed by atoms with E-state index in [-0.39, 0.29) is 5.91 Å². The van der Waals surface area contributed by atoms with Crippen molar-refractivity contribution in [3.63, 3.8) is 0 Å². The number of hydrogen-bond acceptors (Lipinski definition) is 5. The first-order valence-corrected chi connectivity index (χ1v) is 6.43. The molecule has 0 saturated carbocycles. The van der Waals surface area contributed by atoms with Crippen molar-refractivity contribution < 1.29 is 19.0 Å². The minimum atomic E-state index is -0.253. The zero-order valence-electron chi connectivity index (χ0n) is 11.3. The average Bonchev–Trinajstić information content (AvgIpc) is 2.34. The van der Waals surface area contributed by atoms with Crippen LogP contribution < -0.4 is 11.1 Å². The molecule has 0 heterocycles. The summed E-state index contributed by atoms with van der Waals surface area (Å²) in [6.07, 6.45) is 2.08. The molecule has 0 bridgehead atoms. The fraction of sp³-hybridized carbons (Fsp3) is 0.917. The van der Waals surface area contributed by atoms with Crippen LogP contribution in [0.3, 0.4) is 0 Å². The number of rotatable bonds is 14. The standard InChI is InChI=1S/C12H26N2O4/c1-14-5-7-17-9-11-18-10-8-16-6-3-2-4-12(13)15/h14H,2-11H2,1H3,(H2,13,15). The van der Waals surface area contributed by atoms with Crippen LogP contribution in [0.25, 0.3) is 0 Å². The molecule has 6 nitrogen and oxygen atoms in total. The summed E-state index contributed by atoms with van der Waals surface area (Å²) in [6.45, 7) is 4.56. The first-order valence-electron chi connectivity index (χ1n) is 6.43. The summed E-state index contributed by atoms with van der Waals surface area (Å²) in [6, 6.07) is 0. The van der Waals surface area contributed by atoms with E-state index in [0.29, 0.717) is 46.1 Å². The quantitative estimate of drug-likeness (QED) is 0.428. The molecule has 0 aliphatic heterocycles. The highest BCUT2D eigenvalue weighted by Crippen LogP contribution is 1.94. The van der Waals surface area contributed by atoms with Crippen LogP contribution in [0.1, 0.15) is 19.3 Å². The summed E-state index contributed by atoms with van der Waals surface area (Å²) in [5, 5.41) is 3.00. The lowest BCUT2D eigenvalue weighted by Gasteiger charge is -2.06. The monoisotopic (exact) mass is 262 g/mol. The van der Waals surface area contributed by atoms with Gasteiger partial charge in [0.05, 0.1) is 33.0 Å². The number of primary amides is 1. The van der Waals surface area contributed by atoms with Crippen molar-refractivity contribution in [2.24, 2.45) is 5.73 Å². The minimum Gasteiger partial charge on any atom is -0.379 e. The summed E-state index contributed by atoms with van der Waals surface area (Å²) in [4.78, 5) is 10.4. The van der Waals surface area contributed by atoms with Gasteiger partial charge in [0.25, 0.3) is 0 Å². The van der Waals surface area contributed by atoms with E-state index in [1.165, 1.54) is 0 Å². The highest BCUT2D eigenvalue weighted by Gasteiger charge is 1.95. The molecule has 108 valence electrons. The first kappa shape index (κ1) is 17.3. The van der Waals surface area contributed by atoms with Gasteiger partial charge in [0.1, 0.15) is 0 Å². The molecule has 0 rings (SSSR count). The van der Waals surface area contributed by atoms with Crippen LogP contribution in [0, 0.1) is 0 Å². The van der Waals surface area contributed by atoms with E-state index in [1.54, 1.807) is 0 Å². The molecule has 0 aliphatic carbocycles. The maximum atomic E-state index is 10.4. The molecule has 6 heteroatoms. The van der Waals surface area contributed by atoms with Crippen molar-refractivity contribution >= 4 is 5.91 Å². The number of carbonyl (C=O) groups is 1. The van der Waals surface area contributed by atoms with Gasteiger partial charge in [-0.05, 0) is 19.9 Å². The second-order valence-electron chi connectivity index (χ2n) is 3.86. The SMILES string of the molecule is CNCCOCCOCCOCCCCC(N)=O. The van der Waals surface area contributed by atoms with Crippen molar-refractivity contribution in [3.8, 4) is 0 Å². The fourth-order valence-electron chi connectivity index (χ4n) is 1.22. The molecule has 0 aliphatic rings. The molecule has 0 atom stereocenters. The van der Waals surface area contributed by atoms with Crippen LogP contribution in [0.4, 0.5) is 0 Å². The van der Waals surface area contributed by atoms with E-state index < -0.39 is 0 Å². The second-order valence-corrected chi connectivity index (χ2v) is 3.86. The van der Waals surface area contributed by atoms with Crippen LogP contribution in [0.15, 0.2) is 0 Å². The molecule has 0 unspecified atom stereocenters. The summed E-state index contributed by atoms with van der Waals surface area (Å²) in [7, 11) is 1.89. The lowest BCUT2D eigenvalue weighted by molar-refractivity contribution is -0.118. The third-order valence-electron chi connectivity index (χ3n) is 2.20. The number of unbranched alkanes of at least 4 members (excludes halogenated alkanes) is 1. The molecular formula is C12H26N2O4. The van der Waals surface area contributed by atoms with Gasteiger partial charge in [0.2, 0.25) is 5.91 Å². The maximum absolute atomic E-state index is 10.4. The molecule has 0 saturated heterocycles. The molecule has 0 aromatic carbocycles. The zero-order valence-corrected chi connectivity index (χ0v) is 11.3. The summed E-state index contributed by atoms with van der Waals surface area (Å²) >= 11 is 0. The van der Waals surface area contributed by atoms with Crippen LogP contribution in [-0.2, 0) is 19.0 Å². The van der Waals surface area contributed by atoms with Crippen molar-refractivity contribution in [3.05, 3.63) is 0 Å². The van der Waals surface area contributed by atoms with E-state index in [2.05, 4.69) is 5.32 Å². The molecule has 1 amide bonds. The number of nitrogens with two attached hydrogens (primary N) is 1. The van der Waals surface area contributed by atoms with Crippen molar-refractivity contribution in [2.45, 2.75) is 19.3 Å². The van der Waals surface area contributed by atoms with Gasteiger partial charge in [-0.15, -0.1) is 0 Å². The molecule has 0 aromatic heterocycles. The molecule has 0 fully saturated rings. The number of amides is 1. The molecule has 3 N–H and O–H groups in total. The van der Waals surface area contributed by atoms with Gasteiger partial charge in [0, 0.05) is 19.6 Å². The van der Waals surface area contributed by atoms with Crippen molar-refractivity contribution in [1.82, 2.24) is 5.32 Å². The van der Waals surface area contributed by atoms with Gasteiger partial charge in [-0.1, -0.05) is 0 Å². The van der Waals surface area contributed by atoms with Crippen molar-refractivity contribution in [1.29, 1.82) is 0 Å². The highest BCUT2D eigenvalue weighted by atomic mass is 16.5. The third kappa shape index (κ3) is 15.3. The Labute approximate surface area is 109 Å². The Morgan fingerprint density at radius 2 is 1.50 bits per heavy atom. The zero-order chi connectivity index (χ0) is 13.5. The maximum Gasteiger partial charge on any atom is 0.217 e. The molecule has 18 heavy (non-hydrogen) atoms. The molecule has 0 spiro atoms. The Morgan fingerprint density at radius 3 is 2.06 bits per heavy atom. The number of likely N-dealkylation sites (N-methyl/N-ethyl adjacent to an activating group) is 1. The van der Waals surface area contributed by atoms with Gasteiger partial charge in [-0.2, -0.15) is 0 Å². The normalized spacial score (nSPS) is 10.7. The highest BCUT2D eigenvalue weighted by molar-refractivity contribution is 5.73. The second kappa shape index (κ2) is 14.4. The van der Waals surface area contributed by atoms with Gasteiger partial charge in [0.15, 0.2) is 0 Å². The largest absolute Gasteiger partial charge is 0.379 e. The van der Waals surface area contributed by atoms with Gasteiger partial charge < -0.3 is 25.3 Å². The Bertz CT molecular complexity index is 191. The minimum absolute atomic E-state index is 0.253. The van der Waals surface area contributed by atoms with E-state index in [4.69, 9.17) is 19.9 Å². The molecular weight excluding hydrogens is 236 g/mol. The summed E-state index contributed by atoms with van der Waals surface area (Å²) < 4.78 is 15.9. The summed E-state index contributed by atoms with van der Waals surface area (Å²) in [5.41, 5.74) is 5.02. The predicted molar refractivity (Wildman–Crippen MR) is 69.4 cm³/mol. The Morgan fingerprint density at radius 1 is 0.944 bits per heavy atom. The summed E-state index contributed by atoms with van der Waals surface area (Å²) in [5.74, 6) is -0.253. The Kier molecular flexibility index (Phi) is 13.8. The van der Waals surface area contributed by atoms with E-state index in [9.17, 15) is 4.79 Å². The Balaban J connectivity index is 2.92. The fourth-order valence-corrected chi connectivity index (χ4v) is 1.22. The van der Waals surface area contributed by atoms with Crippen LogP contribution in [0.5, 0.6) is 0 Å². The smallest absolute Gasteiger partial charge is 0.217 e. The van der Waals surface area contributed by atoms with Crippen LogP contribution in [-0.4, -0.2) is 59.1 Å². The van der Waals surface area contributed by atoms with E-state index >= 15 is 0 Å². The van der Waals surface area contributed by atoms with Crippen molar-refractivity contribution in [2.75, 3.05) is 53.2 Å². The van der Waals surface area contributed by atoms with Crippen LogP contribution in [0.2, 0.25) is 0 Å². The number of nitrogens with one attached hydrogen (secondary N) is 1. The Hall–Kier alpha value is -0.690. The van der Waals surface area contributed by atoms with Gasteiger partial charge >= 0.3 is 0 Å². The molecule has 0 aromatic rings. The molecule has 0 radical (unpaired) electrons. The van der Waals surface area contributed by atoms with Gasteiger partial charge in [-0.3, -0.25) is 4.79 Å². The first-order chi connectivity index (χ1) is 8.77. The van der Waals surface area contributed by atoms with E-state index in [1.807, 2.05) is 7.05 Å². The lowest BCUT2D eigenvalue weighted by atomic mass is 10.2. The average molecular weight is 262 g/mol. The number of carbonyl (C=O) groups excluding carboxylic acids is 1.